The predicted molar refractivity (Wildman–Crippen MR) is 96.0 cm³/mol. The third-order valence-electron chi connectivity index (χ3n) is 4.12. The Morgan fingerprint density at radius 2 is 1.76 bits per heavy atom. The van der Waals surface area contributed by atoms with Gasteiger partial charge < -0.3 is 5.21 Å². The number of nitrogens with zero attached hydrogens (tertiary/aromatic N) is 3. The lowest BCUT2D eigenvalue weighted by Gasteiger charge is -2.10. The summed E-state index contributed by atoms with van der Waals surface area (Å²) in [6.45, 7) is 1.93. The average Bonchev–Trinajstić information content (AvgIpc) is 2.60. The normalized spacial score (nSPS) is 11.3. The minimum atomic E-state index is -0.595. The second-order valence-corrected chi connectivity index (χ2v) is 6.20. The van der Waals surface area contributed by atoms with Crippen LogP contribution in [0.1, 0.15) is 5.56 Å². The maximum absolute atomic E-state index is 12.9. The van der Waals surface area contributed by atoms with E-state index in [0.717, 1.165) is 10.2 Å². The number of hydrogen-bond donors (Lipinski definition) is 1. The van der Waals surface area contributed by atoms with Crippen molar-refractivity contribution in [1.29, 1.82) is 0 Å². The maximum atomic E-state index is 12.9. The molecule has 2 heterocycles. The van der Waals surface area contributed by atoms with Gasteiger partial charge in [-0.2, -0.15) is 14.5 Å². The van der Waals surface area contributed by atoms with Gasteiger partial charge in [0.1, 0.15) is 0 Å². The molecule has 124 valence electrons. The molecule has 0 unspecified atom stereocenters. The van der Waals surface area contributed by atoms with Gasteiger partial charge in [-0.05, 0) is 37.3 Å². The van der Waals surface area contributed by atoms with Gasteiger partial charge in [-0.1, -0.05) is 29.3 Å². The molecule has 1 N–H and O–H groups in total. The number of fused-ring (bicyclic) bond motifs is 2. The van der Waals surface area contributed by atoms with Gasteiger partial charge in [0.05, 0.1) is 22.8 Å². The summed E-state index contributed by atoms with van der Waals surface area (Å²) >= 11 is 5.95. The number of benzene rings is 2. The van der Waals surface area contributed by atoms with Gasteiger partial charge in [0.15, 0.2) is 10.9 Å². The average molecular weight is 354 g/mol. The highest BCUT2D eigenvalue weighted by molar-refractivity contribution is 6.31. The fraction of sp³-hybridized carbons (Fsp3) is 0.0556. The number of halogens is 1. The molecule has 0 saturated heterocycles. The lowest BCUT2D eigenvalue weighted by molar-refractivity contribution is 0.210. The third-order valence-corrected chi connectivity index (χ3v) is 4.36. The van der Waals surface area contributed by atoms with Gasteiger partial charge in [-0.25, -0.2) is 0 Å². The van der Waals surface area contributed by atoms with Crippen molar-refractivity contribution in [2.45, 2.75) is 6.92 Å². The Bertz CT molecular complexity index is 1260. The van der Waals surface area contributed by atoms with Gasteiger partial charge in [-0.15, -0.1) is 0 Å². The molecule has 0 bridgehead atoms. The Balaban J connectivity index is 2.15. The van der Waals surface area contributed by atoms with Gasteiger partial charge in [0.25, 0.3) is 5.56 Å². The van der Waals surface area contributed by atoms with Gasteiger partial charge in [0.2, 0.25) is 0 Å². The van der Waals surface area contributed by atoms with Crippen LogP contribution in [0.3, 0.4) is 0 Å². The third kappa shape index (κ3) is 2.30. The molecule has 2 aromatic heterocycles. The largest absolute Gasteiger partial charge is 0.428 e. The Hall–Kier alpha value is -3.12. The standard InChI is InChI=1S/C18H12ClN3O3/c1-10-2-5-12(6-3-10)21-18(24)16-14(9-20-21)17(23)13-7-4-11(19)8-15(13)22(16)25/h2-9,25H,1H3. The molecule has 0 spiro atoms. The molecule has 25 heavy (non-hydrogen) atoms. The van der Waals surface area contributed by atoms with Crippen molar-refractivity contribution in [2.75, 3.05) is 0 Å². The highest BCUT2D eigenvalue weighted by Crippen LogP contribution is 2.19. The van der Waals surface area contributed by atoms with Crippen LogP contribution in [-0.4, -0.2) is 19.7 Å². The minimum Gasteiger partial charge on any atom is -0.428 e. The van der Waals surface area contributed by atoms with Crippen molar-refractivity contribution in [3.63, 3.8) is 0 Å². The predicted octanol–water partition coefficient (Wildman–Crippen LogP) is 2.90. The van der Waals surface area contributed by atoms with Crippen LogP contribution < -0.4 is 11.0 Å². The van der Waals surface area contributed by atoms with E-state index in [1.54, 1.807) is 18.2 Å². The van der Waals surface area contributed by atoms with Crippen molar-refractivity contribution in [1.82, 2.24) is 14.5 Å². The van der Waals surface area contributed by atoms with E-state index in [4.69, 9.17) is 11.6 Å². The van der Waals surface area contributed by atoms with E-state index in [0.29, 0.717) is 15.4 Å². The van der Waals surface area contributed by atoms with Gasteiger partial charge in [-0.3, -0.25) is 9.59 Å². The molecular formula is C18H12ClN3O3. The van der Waals surface area contributed by atoms with Crippen LogP contribution in [0.4, 0.5) is 0 Å². The smallest absolute Gasteiger partial charge is 0.299 e. The fourth-order valence-corrected chi connectivity index (χ4v) is 2.99. The van der Waals surface area contributed by atoms with Crippen LogP contribution in [0.2, 0.25) is 5.02 Å². The summed E-state index contributed by atoms with van der Waals surface area (Å²) in [6, 6.07) is 11.7. The first-order valence-corrected chi connectivity index (χ1v) is 7.88. The molecule has 0 aliphatic rings. The number of aryl methyl sites for hydroxylation is 1. The zero-order chi connectivity index (χ0) is 17.7. The molecule has 4 aromatic rings. The monoisotopic (exact) mass is 353 g/mol. The van der Waals surface area contributed by atoms with Crippen molar-refractivity contribution in [3.05, 3.63) is 79.8 Å². The van der Waals surface area contributed by atoms with Gasteiger partial charge in [0, 0.05) is 10.4 Å². The van der Waals surface area contributed by atoms with E-state index in [1.807, 2.05) is 19.1 Å². The Morgan fingerprint density at radius 3 is 2.48 bits per heavy atom. The summed E-state index contributed by atoms with van der Waals surface area (Å²) in [5, 5.41) is 15.3. The molecule has 0 fully saturated rings. The minimum absolute atomic E-state index is 0.0469. The highest BCUT2D eigenvalue weighted by Gasteiger charge is 2.16. The molecule has 0 saturated carbocycles. The van der Waals surface area contributed by atoms with Crippen LogP contribution in [0.25, 0.3) is 27.5 Å². The first-order valence-electron chi connectivity index (χ1n) is 7.50. The van der Waals surface area contributed by atoms with Crippen LogP contribution in [0.5, 0.6) is 0 Å². The number of rotatable bonds is 1. The molecule has 0 atom stereocenters. The van der Waals surface area contributed by atoms with Crippen molar-refractivity contribution >= 4 is 33.4 Å². The summed E-state index contributed by atoms with van der Waals surface area (Å²) < 4.78 is 1.84. The molecule has 7 heteroatoms. The van der Waals surface area contributed by atoms with E-state index >= 15 is 0 Å². The second-order valence-electron chi connectivity index (χ2n) is 5.76. The Kier molecular flexibility index (Phi) is 3.36. The maximum Gasteiger partial charge on any atom is 0.299 e. The molecule has 4 rings (SSSR count). The van der Waals surface area contributed by atoms with E-state index in [2.05, 4.69) is 5.10 Å². The van der Waals surface area contributed by atoms with Crippen LogP contribution >= 0.6 is 11.6 Å². The zero-order valence-corrected chi connectivity index (χ0v) is 13.9. The zero-order valence-electron chi connectivity index (χ0n) is 13.1. The van der Waals surface area contributed by atoms with E-state index in [1.165, 1.54) is 18.3 Å². The molecule has 0 aliphatic carbocycles. The van der Waals surface area contributed by atoms with Crippen LogP contribution in [0.15, 0.2) is 58.3 Å². The van der Waals surface area contributed by atoms with Crippen molar-refractivity contribution in [3.8, 4) is 5.69 Å². The Morgan fingerprint density at radius 1 is 1.04 bits per heavy atom. The molecule has 0 amide bonds. The summed E-state index contributed by atoms with van der Waals surface area (Å²) in [6.07, 6.45) is 1.29. The van der Waals surface area contributed by atoms with Crippen LogP contribution in [-0.2, 0) is 0 Å². The molecule has 2 aromatic carbocycles. The lowest BCUT2D eigenvalue weighted by Crippen LogP contribution is -2.26. The van der Waals surface area contributed by atoms with E-state index in [-0.39, 0.29) is 27.2 Å². The van der Waals surface area contributed by atoms with Gasteiger partial charge >= 0.3 is 0 Å². The Labute approximate surface area is 146 Å². The van der Waals surface area contributed by atoms with Crippen molar-refractivity contribution < 1.29 is 5.21 Å². The first kappa shape index (κ1) is 15.4. The quantitative estimate of drug-likeness (QED) is 0.421. The van der Waals surface area contributed by atoms with Crippen LogP contribution in [0, 0.1) is 6.92 Å². The SMILES string of the molecule is Cc1ccc(-n2ncc3c(=O)c4ccc(Cl)cc4n(O)c3c2=O)cc1. The number of pyridine rings is 1. The second kappa shape index (κ2) is 5.46. The number of hydrogen-bond acceptors (Lipinski definition) is 4. The number of aromatic nitrogens is 3. The fourth-order valence-electron chi connectivity index (χ4n) is 2.82. The summed E-state index contributed by atoms with van der Waals surface area (Å²) in [7, 11) is 0. The lowest BCUT2D eigenvalue weighted by atomic mass is 10.1. The molecule has 0 aliphatic heterocycles. The topological polar surface area (TPSA) is 77.1 Å². The molecule has 0 radical (unpaired) electrons. The summed E-state index contributed by atoms with van der Waals surface area (Å²) in [5.41, 5.74) is 0.628. The van der Waals surface area contributed by atoms with Crippen molar-refractivity contribution in [2.24, 2.45) is 0 Å². The highest BCUT2D eigenvalue weighted by atomic mass is 35.5. The molecular weight excluding hydrogens is 342 g/mol. The summed E-state index contributed by atoms with van der Waals surface area (Å²) in [4.78, 5) is 25.5. The van der Waals surface area contributed by atoms with E-state index < -0.39 is 5.56 Å². The first-order chi connectivity index (χ1) is 12.0. The summed E-state index contributed by atoms with van der Waals surface area (Å²) in [5.74, 6) is 0. The molecule has 6 nitrogen and oxygen atoms in total. The van der Waals surface area contributed by atoms with E-state index in [9.17, 15) is 14.8 Å².